The second kappa shape index (κ2) is 12.3. The quantitative estimate of drug-likeness (QED) is 0.387. The lowest BCUT2D eigenvalue weighted by atomic mass is 10.0. The van der Waals surface area contributed by atoms with E-state index in [9.17, 15) is 14.7 Å². The topological polar surface area (TPSA) is 78.4 Å². The number of benzene rings is 1. The highest BCUT2D eigenvalue weighted by atomic mass is 16.3. The number of allylic oxidation sites excluding steroid dienone is 2. The molecule has 0 radical (unpaired) electrons. The molecule has 0 spiro atoms. The number of aliphatic hydroxyl groups excluding tert-OH is 1. The van der Waals surface area contributed by atoms with E-state index in [0.717, 1.165) is 19.3 Å². The van der Waals surface area contributed by atoms with Gasteiger partial charge in [0.25, 0.3) is 0 Å². The fourth-order valence-corrected chi connectivity index (χ4v) is 2.86. The highest BCUT2D eigenvalue weighted by Gasteiger charge is 2.22. The van der Waals surface area contributed by atoms with E-state index in [1.807, 2.05) is 18.2 Å². The van der Waals surface area contributed by atoms with Crippen molar-refractivity contribution in [2.45, 2.75) is 65.5 Å². The minimum Gasteiger partial charge on any atom is -0.394 e. The highest BCUT2D eigenvalue weighted by Crippen LogP contribution is 2.09. The molecule has 1 rings (SSSR count). The third kappa shape index (κ3) is 8.87. The van der Waals surface area contributed by atoms with Crippen LogP contribution in [0.15, 0.2) is 42.1 Å². The van der Waals surface area contributed by atoms with Gasteiger partial charge in [-0.15, -0.1) is 0 Å². The number of rotatable bonds is 12. The molecule has 3 N–H and O–H groups in total. The fourth-order valence-electron chi connectivity index (χ4n) is 2.86. The lowest BCUT2D eigenvalue weighted by Crippen LogP contribution is -2.49. The molecule has 1 aromatic rings. The Morgan fingerprint density at radius 1 is 1.15 bits per heavy atom. The smallest absolute Gasteiger partial charge is 0.242 e. The van der Waals surface area contributed by atoms with Gasteiger partial charge in [-0.3, -0.25) is 9.59 Å². The van der Waals surface area contributed by atoms with Gasteiger partial charge in [0.15, 0.2) is 5.78 Å². The summed E-state index contributed by atoms with van der Waals surface area (Å²) in [5.74, 6) is 0.0772. The minimum atomic E-state index is -0.444. The van der Waals surface area contributed by atoms with Crippen molar-refractivity contribution in [1.29, 1.82) is 0 Å². The first-order valence-corrected chi connectivity index (χ1v) is 9.82. The molecule has 0 saturated heterocycles. The molecule has 0 fully saturated rings. The maximum atomic E-state index is 12.7. The summed E-state index contributed by atoms with van der Waals surface area (Å²) in [6, 6.07) is 8.37. The molecule has 0 aliphatic heterocycles. The van der Waals surface area contributed by atoms with Crippen LogP contribution in [0.1, 0.15) is 63.7 Å². The molecule has 0 heterocycles. The zero-order valence-corrected chi connectivity index (χ0v) is 17.0. The SMILES string of the molecule is CCCC[C@@H](CO)NC(=O)[C@H](CC(C)C)NC(C)=CC(=O)c1ccccc1. The Kier molecular flexibility index (Phi) is 10.4. The summed E-state index contributed by atoms with van der Waals surface area (Å²) in [5.41, 5.74) is 1.27. The lowest BCUT2D eigenvalue weighted by molar-refractivity contribution is -0.124. The van der Waals surface area contributed by atoms with Crippen LogP contribution in [0.25, 0.3) is 0 Å². The van der Waals surface area contributed by atoms with Crippen LogP contribution in [-0.2, 0) is 4.79 Å². The number of amides is 1. The van der Waals surface area contributed by atoms with E-state index < -0.39 is 6.04 Å². The van der Waals surface area contributed by atoms with Crippen LogP contribution in [0.2, 0.25) is 0 Å². The molecule has 1 aromatic carbocycles. The molecule has 0 aliphatic carbocycles. The molecule has 5 heteroatoms. The van der Waals surface area contributed by atoms with Gasteiger partial charge >= 0.3 is 0 Å². The van der Waals surface area contributed by atoms with Gasteiger partial charge in [0.1, 0.15) is 6.04 Å². The Morgan fingerprint density at radius 3 is 2.37 bits per heavy atom. The van der Waals surface area contributed by atoms with E-state index >= 15 is 0 Å². The van der Waals surface area contributed by atoms with Crippen molar-refractivity contribution in [3.8, 4) is 0 Å². The van der Waals surface area contributed by atoms with Crippen LogP contribution in [0.3, 0.4) is 0 Å². The first kappa shape index (κ1) is 22.9. The van der Waals surface area contributed by atoms with Crippen molar-refractivity contribution in [3.63, 3.8) is 0 Å². The van der Waals surface area contributed by atoms with Crippen LogP contribution in [0, 0.1) is 5.92 Å². The van der Waals surface area contributed by atoms with E-state index in [4.69, 9.17) is 0 Å². The maximum Gasteiger partial charge on any atom is 0.242 e. The van der Waals surface area contributed by atoms with Gasteiger partial charge in [0.2, 0.25) is 5.91 Å². The van der Waals surface area contributed by atoms with E-state index in [1.54, 1.807) is 19.1 Å². The number of hydrogen-bond acceptors (Lipinski definition) is 4. The van der Waals surface area contributed by atoms with Crippen molar-refractivity contribution >= 4 is 11.7 Å². The molecular formula is C22H34N2O3. The zero-order valence-electron chi connectivity index (χ0n) is 17.0. The van der Waals surface area contributed by atoms with E-state index in [1.165, 1.54) is 6.08 Å². The molecule has 0 bridgehead atoms. The Hall–Kier alpha value is -2.14. The summed E-state index contributed by atoms with van der Waals surface area (Å²) in [6.45, 7) is 7.91. The van der Waals surface area contributed by atoms with Crippen LogP contribution in [0.5, 0.6) is 0 Å². The molecule has 0 aromatic heterocycles. The maximum absolute atomic E-state index is 12.7. The third-order valence-corrected chi connectivity index (χ3v) is 4.30. The summed E-state index contributed by atoms with van der Waals surface area (Å²) in [6.07, 6.45) is 4.90. The Morgan fingerprint density at radius 2 is 1.81 bits per heavy atom. The van der Waals surface area contributed by atoms with Crippen LogP contribution < -0.4 is 10.6 Å². The third-order valence-electron chi connectivity index (χ3n) is 4.30. The van der Waals surface area contributed by atoms with Gasteiger partial charge in [-0.2, -0.15) is 0 Å². The first-order valence-electron chi connectivity index (χ1n) is 9.82. The normalized spacial score (nSPS) is 13.9. The molecule has 150 valence electrons. The van der Waals surface area contributed by atoms with Crippen LogP contribution in [-0.4, -0.2) is 35.5 Å². The number of ketones is 1. The van der Waals surface area contributed by atoms with E-state index in [2.05, 4.69) is 31.4 Å². The standard InChI is InChI=1S/C22H34N2O3/c1-5-6-12-19(15-25)24-22(27)20(13-16(2)3)23-17(4)14-21(26)18-10-8-7-9-11-18/h7-11,14,16,19-20,23,25H,5-6,12-13,15H2,1-4H3,(H,24,27)/t19-,20-/m0/s1. The second-order valence-corrected chi connectivity index (χ2v) is 7.41. The molecule has 0 aliphatic rings. The van der Waals surface area contributed by atoms with Gasteiger partial charge < -0.3 is 15.7 Å². The predicted octanol–water partition coefficient (Wildman–Crippen LogP) is 3.44. The highest BCUT2D eigenvalue weighted by molar-refractivity contribution is 6.04. The number of aliphatic hydroxyl groups is 1. The summed E-state index contributed by atoms with van der Waals surface area (Å²) in [5, 5.41) is 15.6. The molecule has 2 atom stereocenters. The summed E-state index contributed by atoms with van der Waals surface area (Å²) in [7, 11) is 0. The Bertz CT molecular complexity index is 611. The van der Waals surface area contributed by atoms with Crippen LogP contribution >= 0.6 is 0 Å². The monoisotopic (exact) mass is 374 g/mol. The molecule has 5 nitrogen and oxygen atoms in total. The van der Waals surface area contributed by atoms with E-state index in [-0.39, 0.29) is 24.3 Å². The van der Waals surface area contributed by atoms with Gasteiger partial charge in [0, 0.05) is 17.3 Å². The number of carbonyl (C=O) groups excluding carboxylic acids is 2. The molecule has 27 heavy (non-hydrogen) atoms. The summed E-state index contributed by atoms with van der Waals surface area (Å²) in [4.78, 5) is 25.0. The van der Waals surface area contributed by atoms with Crippen molar-refractivity contribution in [2.24, 2.45) is 5.92 Å². The zero-order chi connectivity index (χ0) is 20.2. The number of carbonyl (C=O) groups is 2. The van der Waals surface area contributed by atoms with E-state index in [0.29, 0.717) is 23.6 Å². The molecular weight excluding hydrogens is 340 g/mol. The Balaban J connectivity index is 2.79. The fraction of sp³-hybridized carbons (Fsp3) is 0.545. The van der Waals surface area contributed by atoms with Crippen molar-refractivity contribution in [2.75, 3.05) is 6.61 Å². The predicted molar refractivity (Wildman–Crippen MR) is 109 cm³/mol. The largest absolute Gasteiger partial charge is 0.394 e. The average Bonchev–Trinajstić information content (AvgIpc) is 2.64. The van der Waals surface area contributed by atoms with Crippen molar-refractivity contribution in [1.82, 2.24) is 10.6 Å². The average molecular weight is 375 g/mol. The van der Waals surface area contributed by atoms with Gasteiger partial charge in [0.05, 0.1) is 12.6 Å². The van der Waals surface area contributed by atoms with Gasteiger partial charge in [-0.25, -0.2) is 0 Å². The van der Waals surface area contributed by atoms with Crippen LogP contribution in [0.4, 0.5) is 0 Å². The number of nitrogens with one attached hydrogen (secondary N) is 2. The molecule has 0 saturated carbocycles. The van der Waals surface area contributed by atoms with Crippen molar-refractivity contribution < 1.29 is 14.7 Å². The number of hydrogen-bond donors (Lipinski definition) is 3. The molecule has 1 amide bonds. The number of unbranched alkanes of at least 4 members (excludes halogenated alkanes) is 1. The minimum absolute atomic E-state index is 0.0680. The first-order chi connectivity index (χ1) is 12.9. The van der Waals surface area contributed by atoms with Gasteiger partial charge in [-0.05, 0) is 25.7 Å². The Labute approximate surface area is 163 Å². The second-order valence-electron chi connectivity index (χ2n) is 7.41. The summed E-state index contributed by atoms with van der Waals surface area (Å²) >= 11 is 0. The molecule has 0 unspecified atom stereocenters. The van der Waals surface area contributed by atoms with Crippen molar-refractivity contribution in [3.05, 3.63) is 47.7 Å². The lowest BCUT2D eigenvalue weighted by Gasteiger charge is -2.24. The summed E-state index contributed by atoms with van der Waals surface area (Å²) < 4.78 is 0. The van der Waals surface area contributed by atoms with Gasteiger partial charge in [-0.1, -0.05) is 63.9 Å².